The maximum atomic E-state index is 9.14. The van der Waals surface area contributed by atoms with Crippen molar-refractivity contribution >= 4 is 23.1 Å². The smallest absolute Gasteiger partial charge is 0.128 e. The molecule has 2 heterocycles. The van der Waals surface area contributed by atoms with Crippen molar-refractivity contribution in [1.29, 1.82) is 0 Å². The van der Waals surface area contributed by atoms with Gasteiger partial charge >= 0.3 is 0 Å². The predicted molar refractivity (Wildman–Crippen MR) is 86.0 cm³/mol. The molecule has 0 unspecified atom stereocenters. The van der Waals surface area contributed by atoms with Gasteiger partial charge in [0, 0.05) is 32.4 Å². The Balaban J connectivity index is 1.68. The normalized spacial score (nSPS) is 15.3. The number of rotatable bonds is 3. The number of aliphatic hydroxyl groups excluding tert-OH is 1. The molecule has 1 aliphatic heterocycles. The zero-order valence-corrected chi connectivity index (χ0v) is 12.5. The molecule has 0 amide bonds. The van der Waals surface area contributed by atoms with Crippen LogP contribution in [0.4, 0.5) is 11.5 Å². The first-order valence-electron chi connectivity index (χ1n) is 7.08. The number of benzene rings is 1. The highest BCUT2D eigenvalue weighted by molar-refractivity contribution is 6.33. The summed E-state index contributed by atoms with van der Waals surface area (Å²) in [5.74, 6) is 1.03. The zero-order valence-electron chi connectivity index (χ0n) is 11.7. The molecule has 110 valence electrons. The molecule has 0 spiro atoms. The van der Waals surface area contributed by atoms with Gasteiger partial charge in [-0.15, -0.1) is 0 Å². The predicted octanol–water partition coefficient (Wildman–Crippen LogP) is 2.55. The second-order valence-electron chi connectivity index (χ2n) is 5.11. The minimum absolute atomic E-state index is 0.0213. The van der Waals surface area contributed by atoms with Gasteiger partial charge in [0.15, 0.2) is 0 Å². The van der Waals surface area contributed by atoms with E-state index in [1.54, 1.807) is 0 Å². The molecule has 5 heteroatoms. The molecular weight excluding hydrogens is 286 g/mol. The number of pyridine rings is 1. The fourth-order valence-corrected chi connectivity index (χ4v) is 2.95. The third-order valence-electron chi connectivity index (χ3n) is 3.79. The van der Waals surface area contributed by atoms with Crippen LogP contribution in [0.15, 0.2) is 42.6 Å². The molecule has 1 aromatic carbocycles. The molecule has 0 bridgehead atoms. The number of hydrogen-bond acceptors (Lipinski definition) is 4. The number of anilines is 2. The first kappa shape index (κ1) is 14.2. The summed E-state index contributed by atoms with van der Waals surface area (Å²) in [7, 11) is 0. The van der Waals surface area contributed by atoms with E-state index in [0.717, 1.165) is 43.2 Å². The molecule has 0 aliphatic carbocycles. The molecule has 0 radical (unpaired) electrons. The fraction of sp³-hybridized carbons (Fsp3) is 0.312. The lowest BCUT2D eigenvalue weighted by Crippen LogP contribution is -2.46. The third kappa shape index (κ3) is 3.12. The van der Waals surface area contributed by atoms with Crippen LogP contribution in [-0.4, -0.2) is 36.3 Å². The second-order valence-corrected chi connectivity index (χ2v) is 5.51. The van der Waals surface area contributed by atoms with E-state index < -0.39 is 0 Å². The van der Waals surface area contributed by atoms with Crippen LogP contribution in [0.2, 0.25) is 5.02 Å². The van der Waals surface area contributed by atoms with Crippen LogP contribution in [0.3, 0.4) is 0 Å². The van der Waals surface area contributed by atoms with Gasteiger partial charge in [-0.05, 0) is 29.8 Å². The van der Waals surface area contributed by atoms with Gasteiger partial charge in [0.25, 0.3) is 0 Å². The SMILES string of the molecule is OCc1ccc(N2CCN(c3ccccn3)CC2)c(Cl)c1. The first-order valence-corrected chi connectivity index (χ1v) is 7.46. The van der Waals surface area contributed by atoms with Gasteiger partial charge in [0.1, 0.15) is 5.82 Å². The van der Waals surface area contributed by atoms with E-state index in [1.165, 1.54) is 0 Å². The van der Waals surface area contributed by atoms with E-state index >= 15 is 0 Å². The molecule has 3 rings (SSSR count). The van der Waals surface area contributed by atoms with Gasteiger partial charge in [-0.2, -0.15) is 0 Å². The van der Waals surface area contributed by atoms with Crippen molar-refractivity contribution in [3.8, 4) is 0 Å². The van der Waals surface area contributed by atoms with Crippen molar-refractivity contribution in [2.75, 3.05) is 36.0 Å². The second kappa shape index (κ2) is 6.33. The lowest BCUT2D eigenvalue weighted by Gasteiger charge is -2.37. The summed E-state index contributed by atoms with van der Waals surface area (Å²) in [6.07, 6.45) is 1.83. The Kier molecular flexibility index (Phi) is 4.27. The molecule has 0 saturated carbocycles. The van der Waals surface area contributed by atoms with E-state index in [9.17, 15) is 0 Å². The summed E-state index contributed by atoms with van der Waals surface area (Å²) in [5.41, 5.74) is 1.88. The van der Waals surface area contributed by atoms with Gasteiger partial charge in [0.2, 0.25) is 0 Å². The van der Waals surface area contributed by atoms with Crippen LogP contribution in [0.5, 0.6) is 0 Å². The summed E-state index contributed by atoms with van der Waals surface area (Å²) in [4.78, 5) is 8.96. The average molecular weight is 304 g/mol. The molecule has 1 saturated heterocycles. The van der Waals surface area contributed by atoms with Crippen LogP contribution in [0, 0.1) is 0 Å². The fourth-order valence-electron chi connectivity index (χ4n) is 2.62. The Morgan fingerprint density at radius 3 is 2.43 bits per heavy atom. The Bertz CT molecular complexity index is 598. The van der Waals surface area contributed by atoms with Crippen molar-refractivity contribution < 1.29 is 5.11 Å². The summed E-state index contributed by atoms with van der Waals surface area (Å²) < 4.78 is 0. The molecular formula is C16H18ClN3O. The number of hydrogen-bond donors (Lipinski definition) is 1. The summed E-state index contributed by atoms with van der Waals surface area (Å²) in [5, 5.41) is 9.84. The Morgan fingerprint density at radius 1 is 1.05 bits per heavy atom. The van der Waals surface area contributed by atoms with E-state index in [-0.39, 0.29) is 6.61 Å². The van der Waals surface area contributed by atoms with Gasteiger partial charge in [-0.1, -0.05) is 23.7 Å². The number of aromatic nitrogens is 1. The molecule has 21 heavy (non-hydrogen) atoms. The number of nitrogens with zero attached hydrogens (tertiary/aromatic N) is 3. The lowest BCUT2D eigenvalue weighted by molar-refractivity contribution is 0.282. The monoisotopic (exact) mass is 303 g/mol. The van der Waals surface area contributed by atoms with E-state index in [2.05, 4.69) is 14.8 Å². The molecule has 0 atom stereocenters. The average Bonchev–Trinajstić information content (AvgIpc) is 2.56. The molecule has 1 aromatic heterocycles. The largest absolute Gasteiger partial charge is 0.392 e. The summed E-state index contributed by atoms with van der Waals surface area (Å²) in [6, 6.07) is 11.7. The maximum Gasteiger partial charge on any atom is 0.128 e. The molecule has 2 aromatic rings. The highest BCUT2D eigenvalue weighted by atomic mass is 35.5. The number of piperazine rings is 1. The van der Waals surface area contributed by atoms with Crippen LogP contribution >= 0.6 is 11.6 Å². The Labute approximate surface area is 129 Å². The van der Waals surface area contributed by atoms with Crippen molar-refractivity contribution in [3.63, 3.8) is 0 Å². The quantitative estimate of drug-likeness (QED) is 0.946. The van der Waals surface area contributed by atoms with Crippen molar-refractivity contribution in [1.82, 2.24) is 4.98 Å². The zero-order chi connectivity index (χ0) is 14.7. The van der Waals surface area contributed by atoms with Gasteiger partial charge < -0.3 is 14.9 Å². The standard InChI is InChI=1S/C16H18ClN3O/c17-14-11-13(12-21)4-5-15(14)19-7-9-20(10-8-19)16-3-1-2-6-18-16/h1-6,11,21H,7-10,12H2. The van der Waals surface area contributed by atoms with Crippen LogP contribution in [0.25, 0.3) is 0 Å². The minimum atomic E-state index is 0.0213. The van der Waals surface area contributed by atoms with E-state index in [0.29, 0.717) is 5.02 Å². The van der Waals surface area contributed by atoms with Gasteiger partial charge in [0.05, 0.1) is 17.3 Å². The van der Waals surface area contributed by atoms with Gasteiger partial charge in [-0.3, -0.25) is 0 Å². The van der Waals surface area contributed by atoms with Crippen LogP contribution < -0.4 is 9.80 Å². The van der Waals surface area contributed by atoms with Crippen LogP contribution in [-0.2, 0) is 6.61 Å². The topological polar surface area (TPSA) is 39.6 Å². The minimum Gasteiger partial charge on any atom is -0.392 e. The summed E-state index contributed by atoms with van der Waals surface area (Å²) >= 11 is 6.32. The van der Waals surface area contributed by atoms with Crippen LogP contribution in [0.1, 0.15) is 5.56 Å². The van der Waals surface area contributed by atoms with E-state index in [1.807, 2.05) is 42.6 Å². The summed E-state index contributed by atoms with van der Waals surface area (Å²) in [6.45, 7) is 3.70. The van der Waals surface area contributed by atoms with E-state index in [4.69, 9.17) is 16.7 Å². The number of halogens is 1. The van der Waals surface area contributed by atoms with Crippen molar-refractivity contribution in [2.45, 2.75) is 6.61 Å². The van der Waals surface area contributed by atoms with Gasteiger partial charge in [-0.25, -0.2) is 4.98 Å². The third-order valence-corrected chi connectivity index (χ3v) is 4.09. The van der Waals surface area contributed by atoms with Crippen molar-refractivity contribution in [2.24, 2.45) is 0 Å². The highest BCUT2D eigenvalue weighted by Gasteiger charge is 2.19. The lowest BCUT2D eigenvalue weighted by atomic mass is 10.2. The van der Waals surface area contributed by atoms with Crippen molar-refractivity contribution in [3.05, 3.63) is 53.2 Å². The molecule has 4 nitrogen and oxygen atoms in total. The number of aliphatic hydroxyl groups is 1. The molecule has 1 fully saturated rings. The maximum absolute atomic E-state index is 9.14. The first-order chi connectivity index (χ1) is 10.3. The highest BCUT2D eigenvalue weighted by Crippen LogP contribution is 2.28. The molecule has 1 N–H and O–H groups in total. The molecule has 1 aliphatic rings. The Hall–Kier alpha value is -1.78. The Morgan fingerprint density at radius 2 is 1.81 bits per heavy atom.